The fourth-order valence-electron chi connectivity index (χ4n) is 3.94. The molecule has 0 spiro atoms. The first-order valence-corrected chi connectivity index (χ1v) is 11.6. The van der Waals surface area contributed by atoms with Crippen molar-refractivity contribution in [3.63, 3.8) is 0 Å². The smallest absolute Gasteiger partial charge is 0.369 e. The van der Waals surface area contributed by atoms with Gasteiger partial charge < -0.3 is 15.5 Å². The van der Waals surface area contributed by atoms with E-state index in [9.17, 15) is 22.0 Å². The maximum atomic E-state index is 13.2. The van der Waals surface area contributed by atoms with E-state index < -0.39 is 24.3 Å². The van der Waals surface area contributed by atoms with Crippen molar-refractivity contribution in [1.29, 1.82) is 0 Å². The molecule has 1 aliphatic heterocycles. The van der Waals surface area contributed by atoms with Crippen molar-refractivity contribution in [2.24, 2.45) is 0 Å². The van der Waals surface area contributed by atoms with E-state index in [2.05, 4.69) is 35.5 Å². The van der Waals surface area contributed by atoms with Crippen LogP contribution in [0.3, 0.4) is 0 Å². The van der Waals surface area contributed by atoms with Crippen molar-refractivity contribution in [1.82, 2.24) is 19.9 Å². The van der Waals surface area contributed by atoms with Crippen LogP contribution in [0.25, 0.3) is 11.5 Å². The van der Waals surface area contributed by atoms with Gasteiger partial charge in [0, 0.05) is 37.3 Å². The second kappa shape index (κ2) is 11.0. The average molecular weight is 508 g/mol. The molecule has 0 radical (unpaired) electrons. The van der Waals surface area contributed by atoms with Crippen LogP contribution in [0.1, 0.15) is 31.9 Å². The molecule has 0 amide bonds. The molecule has 0 saturated carbocycles. The molecular formula is C24H26F5N7. The predicted octanol–water partition coefficient (Wildman–Crippen LogP) is 5.49. The third-order valence-corrected chi connectivity index (χ3v) is 5.74. The predicted molar refractivity (Wildman–Crippen MR) is 127 cm³/mol. The zero-order chi connectivity index (χ0) is 25.7. The number of para-hydroxylation sites is 1. The van der Waals surface area contributed by atoms with Crippen molar-refractivity contribution < 1.29 is 22.0 Å². The largest absolute Gasteiger partial charge is 0.433 e. The summed E-state index contributed by atoms with van der Waals surface area (Å²) in [6.07, 6.45) is -6.41. The first-order valence-electron chi connectivity index (χ1n) is 11.6. The number of aromatic nitrogens is 4. The zero-order valence-electron chi connectivity index (χ0n) is 19.5. The molecule has 4 rings (SSSR count). The Balaban J connectivity index is 1.57. The van der Waals surface area contributed by atoms with Crippen LogP contribution in [0.5, 0.6) is 0 Å². The Bertz CT molecular complexity index is 1140. The number of pyridine rings is 1. The monoisotopic (exact) mass is 507 g/mol. The molecule has 3 aromatic rings. The lowest BCUT2D eigenvalue weighted by molar-refractivity contribution is -0.141. The van der Waals surface area contributed by atoms with Crippen LogP contribution in [0.2, 0.25) is 0 Å². The number of halogens is 5. The minimum Gasteiger partial charge on any atom is -0.369 e. The van der Waals surface area contributed by atoms with E-state index in [0.29, 0.717) is 6.54 Å². The van der Waals surface area contributed by atoms with Gasteiger partial charge in [-0.2, -0.15) is 28.1 Å². The lowest BCUT2D eigenvalue weighted by Crippen LogP contribution is -2.27. The number of hydrogen-bond donors (Lipinski definition) is 2. The lowest BCUT2D eigenvalue weighted by Gasteiger charge is -2.19. The Morgan fingerprint density at radius 3 is 2.42 bits per heavy atom. The molecule has 0 aliphatic carbocycles. The van der Waals surface area contributed by atoms with Gasteiger partial charge in [0.15, 0.2) is 5.82 Å². The second-order valence-corrected chi connectivity index (χ2v) is 8.64. The number of benzene rings is 1. The summed E-state index contributed by atoms with van der Waals surface area (Å²) in [6, 6.07) is 13.0. The third kappa shape index (κ3) is 6.76. The van der Waals surface area contributed by atoms with E-state index in [1.807, 2.05) is 30.3 Å². The first kappa shape index (κ1) is 25.5. The zero-order valence-corrected chi connectivity index (χ0v) is 19.5. The Morgan fingerprint density at radius 2 is 1.69 bits per heavy atom. The van der Waals surface area contributed by atoms with Crippen molar-refractivity contribution in [2.75, 3.05) is 28.6 Å². The van der Waals surface area contributed by atoms with E-state index in [1.165, 1.54) is 12.1 Å². The molecular weight excluding hydrogens is 481 g/mol. The highest BCUT2D eigenvalue weighted by atomic mass is 19.4. The minimum atomic E-state index is -4.63. The van der Waals surface area contributed by atoms with E-state index in [4.69, 9.17) is 0 Å². The molecule has 2 aromatic heterocycles. The molecule has 2 unspecified atom stereocenters. The molecule has 1 saturated heterocycles. The van der Waals surface area contributed by atoms with Crippen LogP contribution in [0.4, 0.5) is 39.5 Å². The summed E-state index contributed by atoms with van der Waals surface area (Å²) in [6.45, 7) is 3.20. The fourth-order valence-corrected chi connectivity index (χ4v) is 3.94. The van der Waals surface area contributed by atoms with Crippen molar-refractivity contribution >= 4 is 17.6 Å². The van der Waals surface area contributed by atoms with Gasteiger partial charge in [-0.25, -0.2) is 13.8 Å². The highest BCUT2D eigenvalue weighted by Gasteiger charge is 2.33. The van der Waals surface area contributed by atoms with Gasteiger partial charge in [0.2, 0.25) is 18.3 Å². The van der Waals surface area contributed by atoms with Crippen molar-refractivity contribution in [3.8, 4) is 11.5 Å². The summed E-state index contributed by atoms with van der Waals surface area (Å²) in [5, 5.41) is 6.20. The van der Waals surface area contributed by atoms with Gasteiger partial charge in [0.05, 0.1) is 0 Å². The van der Waals surface area contributed by atoms with Crippen molar-refractivity contribution in [3.05, 3.63) is 54.2 Å². The molecule has 36 heavy (non-hydrogen) atoms. The summed E-state index contributed by atoms with van der Waals surface area (Å²) in [5.41, 5.74) is -0.0542. The molecule has 1 aromatic carbocycles. The highest BCUT2D eigenvalue weighted by molar-refractivity contribution is 5.55. The fraction of sp³-hybridized carbons (Fsp3) is 0.417. The third-order valence-electron chi connectivity index (χ3n) is 5.74. The maximum absolute atomic E-state index is 13.2. The Morgan fingerprint density at radius 1 is 0.944 bits per heavy atom. The van der Waals surface area contributed by atoms with Gasteiger partial charge in [-0.3, -0.25) is 0 Å². The molecule has 12 heteroatoms. The van der Waals surface area contributed by atoms with Crippen LogP contribution in [0, 0.1) is 0 Å². The van der Waals surface area contributed by atoms with Gasteiger partial charge in [-0.15, -0.1) is 0 Å². The molecule has 2 atom stereocenters. The van der Waals surface area contributed by atoms with Gasteiger partial charge in [0.1, 0.15) is 11.4 Å². The molecule has 1 aliphatic rings. The van der Waals surface area contributed by atoms with Gasteiger partial charge in [-0.1, -0.05) is 24.3 Å². The lowest BCUT2D eigenvalue weighted by atomic mass is 10.2. The van der Waals surface area contributed by atoms with Gasteiger partial charge in [-0.05, 0) is 44.0 Å². The second-order valence-electron chi connectivity index (χ2n) is 8.64. The molecule has 0 bridgehead atoms. The first-order chi connectivity index (χ1) is 17.2. The summed E-state index contributed by atoms with van der Waals surface area (Å²) < 4.78 is 64.8. The Kier molecular flexibility index (Phi) is 7.80. The highest BCUT2D eigenvalue weighted by Crippen LogP contribution is 2.29. The Labute approximate surface area is 205 Å². The topological polar surface area (TPSA) is 78.9 Å². The van der Waals surface area contributed by atoms with Crippen molar-refractivity contribution in [2.45, 2.75) is 50.9 Å². The van der Waals surface area contributed by atoms with Crippen LogP contribution < -0.4 is 15.5 Å². The quantitative estimate of drug-likeness (QED) is 0.371. The minimum absolute atomic E-state index is 0.0148. The Hall–Kier alpha value is -3.57. The molecule has 1 fully saturated rings. The van der Waals surface area contributed by atoms with Gasteiger partial charge in [0.25, 0.3) is 0 Å². The van der Waals surface area contributed by atoms with Crippen LogP contribution in [-0.2, 0) is 6.18 Å². The normalized spacial score (nSPS) is 16.9. The van der Waals surface area contributed by atoms with Crippen LogP contribution in [-0.4, -0.2) is 51.5 Å². The number of anilines is 3. The number of nitrogens with one attached hydrogen (secondary N) is 2. The van der Waals surface area contributed by atoms with E-state index in [-0.39, 0.29) is 42.3 Å². The standard InChI is InChI=1S/C24H26F5N7/c1-15(10-11-20(25)26)30-22-33-21(18-8-5-9-19(32-18)24(27,28)29)34-23(35-22)31-16-12-13-36(14-16)17-6-3-2-4-7-17/h2-9,15-16,20H,10-14H2,1H3,(H2,30,31,33,34,35). The summed E-state index contributed by atoms with van der Waals surface area (Å²) in [7, 11) is 0. The number of nitrogens with zero attached hydrogens (tertiary/aromatic N) is 5. The summed E-state index contributed by atoms with van der Waals surface area (Å²) in [5.74, 6) is 0.184. The van der Waals surface area contributed by atoms with E-state index in [1.54, 1.807) is 6.92 Å². The molecule has 3 heterocycles. The number of rotatable bonds is 9. The van der Waals surface area contributed by atoms with E-state index >= 15 is 0 Å². The summed E-state index contributed by atoms with van der Waals surface area (Å²) >= 11 is 0. The van der Waals surface area contributed by atoms with E-state index in [0.717, 1.165) is 24.7 Å². The maximum Gasteiger partial charge on any atom is 0.433 e. The average Bonchev–Trinajstić information content (AvgIpc) is 3.31. The summed E-state index contributed by atoms with van der Waals surface area (Å²) in [4.78, 5) is 18.8. The SMILES string of the molecule is CC(CCC(F)F)Nc1nc(NC2CCN(c3ccccc3)C2)nc(-c2cccc(C(F)(F)F)n2)n1. The number of hydrogen-bond acceptors (Lipinski definition) is 7. The van der Waals surface area contributed by atoms with Gasteiger partial charge >= 0.3 is 6.18 Å². The molecule has 7 nitrogen and oxygen atoms in total. The van der Waals surface area contributed by atoms with Crippen LogP contribution in [0.15, 0.2) is 48.5 Å². The van der Waals surface area contributed by atoms with Crippen LogP contribution >= 0.6 is 0 Å². The molecule has 2 N–H and O–H groups in total. The number of alkyl halides is 5. The molecule has 192 valence electrons.